The molecule has 3 nitrogen and oxygen atoms in total. The Morgan fingerprint density at radius 3 is 3.17 bits per heavy atom. The Bertz CT molecular complexity index is 384. The summed E-state index contributed by atoms with van der Waals surface area (Å²) in [6.07, 6.45) is 3.54. The highest BCUT2D eigenvalue weighted by Crippen LogP contribution is 2.30. The van der Waals surface area contributed by atoms with Gasteiger partial charge in [0.15, 0.2) is 0 Å². The lowest BCUT2D eigenvalue weighted by Gasteiger charge is -2.16. The van der Waals surface area contributed by atoms with Crippen LogP contribution in [0.3, 0.4) is 0 Å². The van der Waals surface area contributed by atoms with Crippen molar-refractivity contribution < 1.29 is 5.11 Å². The molecule has 0 bridgehead atoms. The van der Waals surface area contributed by atoms with E-state index < -0.39 is 0 Å². The van der Waals surface area contributed by atoms with Gasteiger partial charge in [-0.05, 0) is 48.8 Å². The van der Waals surface area contributed by atoms with Crippen molar-refractivity contribution in [1.82, 2.24) is 5.32 Å². The molecular weight excluding hydrogens is 244 g/mol. The van der Waals surface area contributed by atoms with E-state index >= 15 is 0 Å². The molecule has 0 spiro atoms. The van der Waals surface area contributed by atoms with Gasteiger partial charge in [-0.25, -0.2) is 0 Å². The molecule has 0 fully saturated rings. The van der Waals surface area contributed by atoms with Gasteiger partial charge in [0.25, 0.3) is 0 Å². The third-order valence-corrected chi connectivity index (χ3v) is 4.41. The van der Waals surface area contributed by atoms with Crippen molar-refractivity contribution in [1.29, 1.82) is 0 Å². The first-order valence-corrected chi connectivity index (χ1v) is 7.60. The molecule has 1 heterocycles. The molecule has 100 valence electrons. The van der Waals surface area contributed by atoms with Crippen LogP contribution in [0, 0.1) is 0 Å². The van der Waals surface area contributed by atoms with Gasteiger partial charge in [0.2, 0.25) is 0 Å². The van der Waals surface area contributed by atoms with E-state index in [2.05, 4.69) is 23.5 Å². The summed E-state index contributed by atoms with van der Waals surface area (Å²) in [6, 6.07) is 6.68. The lowest BCUT2D eigenvalue weighted by molar-refractivity contribution is 0.262. The molecule has 1 aromatic rings. The van der Waals surface area contributed by atoms with Gasteiger partial charge in [-0.15, -0.1) is 11.8 Å². The molecule has 2 rings (SSSR count). The quantitative estimate of drug-likeness (QED) is 0.677. The molecule has 18 heavy (non-hydrogen) atoms. The minimum absolute atomic E-state index is 0.0447. The van der Waals surface area contributed by atoms with Crippen LogP contribution in [0.4, 0.5) is 0 Å². The number of aliphatic hydroxyl groups is 1. The maximum Gasteiger partial charge on any atom is 0.0594 e. The van der Waals surface area contributed by atoms with Crippen molar-refractivity contribution in [3.05, 3.63) is 29.3 Å². The minimum Gasteiger partial charge on any atom is -0.395 e. The number of benzene rings is 1. The standard InChI is InChI=1S/C14H22N2OS/c15-13(10-17)9-16-6-5-11-3-4-14-12(8-11)2-1-7-18-14/h3-4,8,13,16-17H,1-2,5-7,9-10,15H2. The van der Waals surface area contributed by atoms with Crippen LogP contribution in [0.15, 0.2) is 23.1 Å². The van der Waals surface area contributed by atoms with E-state index in [4.69, 9.17) is 10.8 Å². The zero-order valence-electron chi connectivity index (χ0n) is 10.7. The number of thioether (sulfide) groups is 1. The van der Waals surface area contributed by atoms with E-state index in [0.717, 1.165) is 13.0 Å². The van der Waals surface area contributed by atoms with Crippen molar-refractivity contribution in [2.45, 2.75) is 30.2 Å². The Morgan fingerprint density at radius 1 is 1.44 bits per heavy atom. The molecule has 1 unspecified atom stereocenters. The molecule has 0 aromatic heterocycles. The van der Waals surface area contributed by atoms with Crippen LogP contribution in [0.25, 0.3) is 0 Å². The highest BCUT2D eigenvalue weighted by Gasteiger charge is 2.09. The molecule has 0 amide bonds. The Morgan fingerprint density at radius 2 is 2.33 bits per heavy atom. The van der Waals surface area contributed by atoms with E-state index in [1.54, 1.807) is 0 Å². The zero-order chi connectivity index (χ0) is 12.8. The van der Waals surface area contributed by atoms with Crippen molar-refractivity contribution in [2.75, 3.05) is 25.4 Å². The minimum atomic E-state index is -0.148. The number of aliphatic hydroxyl groups excluding tert-OH is 1. The monoisotopic (exact) mass is 266 g/mol. The number of hydrogen-bond donors (Lipinski definition) is 3. The van der Waals surface area contributed by atoms with Gasteiger partial charge in [0.05, 0.1) is 6.61 Å². The third-order valence-electron chi connectivity index (χ3n) is 3.20. The smallest absolute Gasteiger partial charge is 0.0594 e. The molecule has 0 radical (unpaired) electrons. The molecule has 0 aliphatic carbocycles. The number of fused-ring (bicyclic) bond motifs is 1. The number of rotatable bonds is 6. The summed E-state index contributed by atoms with van der Waals surface area (Å²) in [5.41, 5.74) is 8.53. The highest BCUT2D eigenvalue weighted by molar-refractivity contribution is 7.99. The van der Waals surface area contributed by atoms with E-state index in [1.165, 1.54) is 34.6 Å². The fourth-order valence-corrected chi connectivity index (χ4v) is 3.17. The summed E-state index contributed by atoms with van der Waals surface area (Å²) in [7, 11) is 0. The Kier molecular flexibility index (Phi) is 5.50. The van der Waals surface area contributed by atoms with Gasteiger partial charge >= 0.3 is 0 Å². The van der Waals surface area contributed by atoms with Gasteiger partial charge < -0.3 is 16.2 Å². The van der Waals surface area contributed by atoms with Crippen LogP contribution < -0.4 is 11.1 Å². The van der Waals surface area contributed by atoms with Gasteiger partial charge in [-0.3, -0.25) is 0 Å². The normalized spacial score (nSPS) is 16.3. The Balaban J connectivity index is 1.79. The average molecular weight is 266 g/mol. The van der Waals surface area contributed by atoms with Crippen LogP contribution >= 0.6 is 11.8 Å². The predicted molar refractivity (Wildman–Crippen MR) is 77.1 cm³/mol. The highest BCUT2D eigenvalue weighted by atomic mass is 32.2. The van der Waals surface area contributed by atoms with E-state index in [0.29, 0.717) is 6.54 Å². The molecule has 1 aliphatic heterocycles. The summed E-state index contributed by atoms with van der Waals surface area (Å²) in [6.45, 7) is 1.64. The Labute approximate surface area is 113 Å². The second kappa shape index (κ2) is 7.14. The number of aryl methyl sites for hydroxylation is 1. The van der Waals surface area contributed by atoms with Crippen molar-refractivity contribution >= 4 is 11.8 Å². The number of nitrogens with two attached hydrogens (primary N) is 1. The zero-order valence-corrected chi connectivity index (χ0v) is 11.5. The van der Waals surface area contributed by atoms with Gasteiger partial charge in [0.1, 0.15) is 0 Å². The molecular formula is C14H22N2OS. The summed E-state index contributed by atoms with van der Waals surface area (Å²) in [5.74, 6) is 1.26. The molecule has 4 heteroatoms. The average Bonchev–Trinajstić information content (AvgIpc) is 2.43. The van der Waals surface area contributed by atoms with Crippen LogP contribution in [-0.2, 0) is 12.8 Å². The molecule has 1 aliphatic rings. The van der Waals surface area contributed by atoms with Crippen LogP contribution in [-0.4, -0.2) is 36.6 Å². The van der Waals surface area contributed by atoms with E-state index in [-0.39, 0.29) is 12.6 Å². The molecule has 1 atom stereocenters. The molecule has 1 aromatic carbocycles. The van der Waals surface area contributed by atoms with Gasteiger partial charge in [0, 0.05) is 17.5 Å². The first-order chi connectivity index (χ1) is 8.79. The third kappa shape index (κ3) is 3.99. The maximum atomic E-state index is 8.82. The second-order valence-electron chi connectivity index (χ2n) is 4.79. The lowest BCUT2D eigenvalue weighted by Crippen LogP contribution is -2.37. The molecule has 0 saturated heterocycles. The van der Waals surface area contributed by atoms with E-state index in [1.807, 2.05) is 11.8 Å². The number of hydrogen-bond acceptors (Lipinski definition) is 4. The topological polar surface area (TPSA) is 58.3 Å². The van der Waals surface area contributed by atoms with Crippen molar-refractivity contribution in [2.24, 2.45) is 5.73 Å². The van der Waals surface area contributed by atoms with Crippen molar-refractivity contribution in [3.63, 3.8) is 0 Å². The predicted octanol–water partition coefficient (Wildman–Crippen LogP) is 1.18. The van der Waals surface area contributed by atoms with Crippen LogP contribution in [0.2, 0.25) is 0 Å². The van der Waals surface area contributed by atoms with E-state index in [9.17, 15) is 0 Å². The molecule has 4 N–H and O–H groups in total. The summed E-state index contributed by atoms with van der Waals surface area (Å²) < 4.78 is 0. The molecule has 0 saturated carbocycles. The van der Waals surface area contributed by atoms with Crippen molar-refractivity contribution in [3.8, 4) is 0 Å². The largest absolute Gasteiger partial charge is 0.395 e. The van der Waals surface area contributed by atoms with Crippen LogP contribution in [0.5, 0.6) is 0 Å². The first-order valence-electron chi connectivity index (χ1n) is 6.61. The fraction of sp³-hybridized carbons (Fsp3) is 0.571. The van der Waals surface area contributed by atoms with Gasteiger partial charge in [-0.1, -0.05) is 12.1 Å². The maximum absolute atomic E-state index is 8.82. The lowest BCUT2D eigenvalue weighted by atomic mass is 10.0. The first kappa shape index (κ1) is 13.9. The summed E-state index contributed by atoms with van der Waals surface area (Å²) in [5, 5.41) is 12.1. The van der Waals surface area contributed by atoms with Gasteiger partial charge in [-0.2, -0.15) is 0 Å². The number of nitrogens with one attached hydrogen (secondary N) is 1. The summed E-state index contributed by atoms with van der Waals surface area (Å²) >= 11 is 1.97. The van der Waals surface area contributed by atoms with Crippen LogP contribution in [0.1, 0.15) is 17.5 Å². The Hall–Kier alpha value is -0.550. The SMILES string of the molecule is NC(CO)CNCCc1ccc2c(c1)CCCS2. The summed E-state index contributed by atoms with van der Waals surface area (Å²) in [4.78, 5) is 1.46. The fourth-order valence-electron chi connectivity index (χ4n) is 2.15. The second-order valence-corrected chi connectivity index (χ2v) is 5.93.